The van der Waals surface area contributed by atoms with Crippen molar-refractivity contribution >= 4 is 11.8 Å². The van der Waals surface area contributed by atoms with Gasteiger partial charge in [-0.25, -0.2) is 0 Å². The summed E-state index contributed by atoms with van der Waals surface area (Å²) >= 11 is 0. The van der Waals surface area contributed by atoms with Crippen LogP contribution in [0.25, 0.3) is 0 Å². The first kappa shape index (κ1) is 26.7. The van der Waals surface area contributed by atoms with Gasteiger partial charge in [-0.1, -0.05) is 56.3 Å². The molecule has 2 atom stereocenters. The lowest BCUT2D eigenvalue weighted by molar-refractivity contribution is -0.139. The van der Waals surface area contributed by atoms with Gasteiger partial charge in [0.2, 0.25) is 11.8 Å². The van der Waals surface area contributed by atoms with Gasteiger partial charge in [0.05, 0.1) is 12.5 Å². The third kappa shape index (κ3) is 5.75. The van der Waals surface area contributed by atoms with Crippen LogP contribution in [0.15, 0.2) is 54.6 Å². The number of benzene rings is 2. The van der Waals surface area contributed by atoms with Crippen LogP contribution in [0.4, 0.5) is 0 Å². The zero-order valence-electron chi connectivity index (χ0n) is 23.3. The van der Waals surface area contributed by atoms with Crippen LogP contribution in [-0.4, -0.2) is 72.9 Å². The Hall–Kier alpha value is -2.86. The molecule has 2 aromatic carbocycles. The Bertz CT molecular complexity index is 1090. The van der Waals surface area contributed by atoms with Crippen molar-refractivity contribution < 1.29 is 14.3 Å². The quantitative estimate of drug-likeness (QED) is 0.505. The third-order valence-corrected chi connectivity index (χ3v) is 9.04. The molecule has 0 aromatic heterocycles. The molecule has 38 heavy (non-hydrogen) atoms. The Morgan fingerprint density at radius 2 is 1.66 bits per heavy atom. The van der Waals surface area contributed by atoms with Crippen LogP contribution in [-0.2, 0) is 16.1 Å². The van der Waals surface area contributed by atoms with Gasteiger partial charge in [-0.3, -0.25) is 9.59 Å². The van der Waals surface area contributed by atoms with E-state index in [-0.39, 0.29) is 11.3 Å². The van der Waals surface area contributed by atoms with Crippen molar-refractivity contribution in [2.24, 2.45) is 17.3 Å². The molecule has 6 heteroatoms. The molecule has 204 valence electrons. The number of hydrogen-bond donors (Lipinski definition) is 0. The fourth-order valence-corrected chi connectivity index (χ4v) is 6.77. The first-order chi connectivity index (χ1) is 18.4. The topological polar surface area (TPSA) is 53.1 Å². The molecule has 3 fully saturated rings. The molecule has 3 saturated heterocycles. The summed E-state index contributed by atoms with van der Waals surface area (Å²) < 4.78 is 5.27. The molecule has 2 amide bonds. The van der Waals surface area contributed by atoms with E-state index < -0.39 is 0 Å². The summed E-state index contributed by atoms with van der Waals surface area (Å²) in [6, 6.07) is 18.8. The van der Waals surface area contributed by atoms with Crippen molar-refractivity contribution in [1.82, 2.24) is 14.7 Å². The number of amides is 2. The smallest absolute Gasteiger partial charge is 0.229 e. The van der Waals surface area contributed by atoms with Crippen molar-refractivity contribution in [3.05, 3.63) is 65.7 Å². The minimum absolute atomic E-state index is 0.198. The summed E-state index contributed by atoms with van der Waals surface area (Å²) in [7, 11) is 1.67. The van der Waals surface area contributed by atoms with Gasteiger partial charge >= 0.3 is 0 Å². The van der Waals surface area contributed by atoms with Gasteiger partial charge in [0.15, 0.2) is 0 Å². The summed E-state index contributed by atoms with van der Waals surface area (Å²) in [6.45, 7) is 10.3. The Morgan fingerprint density at radius 3 is 2.32 bits per heavy atom. The molecule has 0 bridgehead atoms. The average molecular weight is 518 g/mol. The van der Waals surface area contributed by atoms with E-state index in [2.05, 4.69) is 71.0 Å². The van der Waals surface area contributed by atoms with Crippen LogP contribution >= 0.6 is 0 Å². The average Bonchev–Trinajstić information content (AvgIpc) is 3.48. The number of rotatable bonds is 8. The molecule has 2 aromatic rings. The number of methoxy groups -OCH3 is 1. The molecule has 1 spiro atoms. The summed E-state index contributed by atoms with van der Waals surface area (Å²) in [4.78, 5) is 33.2. The van der Waals surface area contributed by atoms with Gasteiger partial charge in [-0.2, -0.15) is 0 Å². The second kappa shape index (κ2) is 11.5. The lowest BCUT2D eigenvalue weighted by Gasteiger charge is -2.39. The normalized spacial score (nSPS) is 23.5. The maximum Gasteiger partial charge on any atom is 0.229 e. The van der Waals surface area contributed by atoms with Crippen LogP contribution in [0.5, 0.6) is 5.75 Å². The lowest BCUT2D eigenvalue weighted by Crippen LogP contribution is -2.46. The number of piperidine rings is 1. The summed E-state index contributed by atoms with van der Waals surface area (Å²) in [6.07, 6.45) is 3.45. The highest BCUT2D eigenvalue weighted by molar-refractivity contribution is 5.85. The van der Waals surface area contributed by atoms with E-state index in [1.54, 1.807) is 7.11 Å². The van der Waals surface area contributed by atoms with Crippen molar-refractivity contribution in [2.45, 2.75) is 52.0 Å². The number of nitrogens with zero attached hydrogens (tertiary/aromatic N) is 3. The van der Waals surface area contributed by atoms with E-state index in [4.69, 9.17) is 4.74 Å². The number of carbonyl (C=O) groups is 2. The molecule has 0 radical (unpaired) electrons. The molecular weight excluding hydrogens is 474 g/mol. The summed E-state index contributed by atoms with van der Waals surface area (Å²) in [5.41, 5.74) is 2.29. The van der Waals surface area contributed by atoms with Crippen molar-refractivity contribution in [2.75, 3.05) is 46.4 Å². The van der Waals surface area contributed by atoms with Gasteiger partial charge in [-0.05, 0) is 67.4 Å². The van der Waals surface area contributed by atoms with E-state index in [0.717, 1.165) is 69.8 Å². The monoisotopic (exact) mass is 517 g/mol. The van der Waals surface area contributed by atoms with Crippen LogP contribution in [0.1, 0.15) is 56.6 Å². The molecule has 3 aliphatic rings. The highest BCUT2D eigenvalue weighted by atomic mass is 16.5. The van der Waals surface area contributed by atoms with Crippen LogP contribution in [0.2, 0.25) is 0 Å². The van der Waals surface area contributed by atoms with E-state index in [9.17, 15) is 9.59 Å². The van der Waals surface area contributed by atoms with Gasteiger partial charge in [0.1, 0.15) is 5.75 Å². The van der Waals surface area contributed by atoms with Gasteiger partial charge in [0.25, 0.3) is 0 Å². The van der Waals surface area contributed by atoms with E-state index in [1.807, 2.05) is 12.1 Å². The van der Waals surface area contributed by atoms with Crippen molar-refractivity contribution in [1.29, 1.82) is 0 Å². The summed E-state index contributed by atoms with van der Waals surface area (Å²) in [5, 5.41) is 0. The van der Waals surface area contributed by atoms with Gasteiger partial charge in [0, 0.05) is 45.1 Å². The Morgan fingerprint density at radius 1 is 0.974 bits per heavy atom. The number of ether oxygens (including phenoxy) is 1. The number of hydrogen-bond acceptors (Lipinski definition) is 4. The van der Waals surface area contributed by atoms with E-state index in [1.165, 1.54) is 5.56 Å². The molecule has 0 N–H and O–H groups in total. The molecule has 0 aliphatic carbocycles. The van der Waals surface area contributed by atoms with Crippen molar-refractivity contribution in [3.63, 3.8) is 0 Å². The fourth-order valence-electron chi connectivity index (χ4n) is 6.77. The fraction of sp³-hybridized carbons (Fsp3) is 0.562. The highest BCUT2D eigenvalue weighted by Crippen LogP contribution is 2.43. The molecule has 5 rings (SSSR count). The molecular formula is C32H43N3O3. The molecule has 0 saturated carbocycles. The predicted octanol–water partition coefficient (Wildman–Crippen LogP) is 4.80. The second-order valence-corrected chi connectivity index (χ2v) is 12.1. The third-order valence-electron chi connectivity index (χ3n) is 9.04. The van der Waals surface area contributed by atoms with Gasteiger partial charge < -0.3 is 19.4 Å². The number of likely N-dealkylation sites (tertiary alicyclic amines) is 3. The highest BCUT2D eigenvalue weighted by Gasteiger charge is 2.48. The second-order valence-electron chi connectivity index (χ2n) is 12.1. The predicted molar refractivity (Wildman–Crippen MR) is 150 cm³/mol. The van der Waals surface area contributed by atoms with Crippen molar-refractivity contribution in [3.8, 4) is 5.75 Å². The molecule has 3 aliphatic heterocycles. The molecule has 6 nitrogen and oxygen atoms in total. The lowest BCUT2D eigenvalue weighted by atomic mass is 9.76. The minimum atomic E-state index is -0.198. The molecule has 0 unspecified atom stereocenters. The minimum Gasteiger partial charge on any atom is -0.497 e. The SMILES string of the molecule is COc1ccc(CN2CCC3(CCN(C[C@H]4CN(C(=O)CC(C)C)C[C@@H]4c4ccccc4)CC3)C2=O)cc1. The van der Waals surface area contributed by atoms with Gasteiger partial charge in [-0.15, -0.1) is 0 Å². The van der Waals surface area contributed by atoms with Crippen LogP contribution in [0.3, 0.4) is 0 Å². The Balaban J connectivity index is 1.19. The zero-order chi connectivity index (χ0) is 26.7. The first-order valence-electron chi connectivity index (χ1n) is 14.3. The summed E-state index contributed by atoms with van der Waals surface area (Å²) in [5.74, 6) is 2.64. The standard InChI is InChI=1S/C32H43N3O3/c1-24(2)19-30(36)35-22-27(29(23-35)26-7-5-4-6-8-26)21-33-16-13-32(14-17-33)15-18-34(31(32)37)20-25-9-11-28(38-3)12-10-25/h4-12,24,27,29H,13-23H2,1-3H3/t27-,29+/m0/s1. The number of carbonyl (C=O) groups excluding carboxylic acids is 2. The largest absolute Gasteiger partial charge is 0.497 e. The zero-order valence-corrected chi connectivity index (χ0v) is 23.3. The Kier molecular flexibility index (Phi) is 8.08. The Labute approximate surface area is 227 Å². The van der Waals surface area contributed by atoms with E-state index in [0.29, 0.717) is 36.6 Å². The maximum absolute atomic E-state index is 13.5. The van der Waals surface area contributed by atoms with E-state index >= 15 is 0 Å². The van der Waals surface area contributed by atoms with Crippen LogP contribution < -0.4 is 4.74 Å². The maximum atomic E-state index is 13.5. The van der Waals surface area contributed by atoms with Crippen LogP contribution in [0, 0.1) is 17.3 Å². The first-order valence-corrected chi connectivity index (χ1v) is 14.3. The molecule has 3 heterocycles.